The molecule has 1 nitrogen and oxygen atoms in total. The average molecular weight is 305 g/mol. The van der Waals surface area contributed by atoms with Gasteiger partial charge in [-0.3, -0.25) is 0 Å². The Morgan fingerprint density at radius 1 is 0.773 bits per heavy atom. The fourth-order valence-electron chi connectivity index (χ4n) is 3.29. The van der Waals surface area contributed by atoms with Gasteiger partial charge in [-0.2, -0.15) is 0 Å². The largest absolute Gasteiger partial charge is 0.323 e. The smallest absolute Gasteiger partial charge is 0.114 e. The molecule has 0 fully saturated rings. The van der Waals surface area contributed by atoms with Crippen LogP contribution in [-0.2, 0) is 0 Å². The summed E-state index contributed by atoms with van der Waals surface area (Å²) in [4.78, 5) is 0. The van der Waals surface area contributed by atoms with Gasteiger partial charge in [0, 0.05) is 12.0 Å². The maximum Gasteiger partial charge on any atom is 0.114 e. The molecule has 0 amide bonds. The summed E-state index contributed by atoms with van der Waals surface area (Å²) in [6.07, 6.45) is 12.6. The van der Waals surface area contributed by atoms with Gasteiger partial charge < -0.3 is 4.48 Å². The van der Waals surface area contributed by atoms with Crippen LogP contribution in [0.3, 0.4) is 0 Å². The van der Waals surface area contributed by atoms with Gasteiger partial charge in [0.15, 0.2) is 0 Å². The summed E-state index contributed by atoms with van der Waals surface area (Å²) in [5.74, 6) is 0. The van der Waals surface area contributed by atoms with E-state index in [1.54, 1.807) is 0 Å². The molecule has 0 aromatic heterocycles. The molecule has 0 aliphatic carbocycles. The van der Waals surface area contributed by atoms with E-state index in [1.165, 1.54) is 69.9 Å². The van der Waals surface area contributed by atoms with Crippen molar-refractivity contribution >= 4 is 0 Å². The lowest BCUT2D eigenvalue weighted by Gasteiger charge is -2.37. The van der Waals surface area contributed by atoms with E-state index in [9.17, 15) is 0 Å². The molecular weight excluding hydrogens is 266 g/mol. The first kappa shape index (κ1) is 19.2. The van der Waals surface area contributed by atoms with E-state index >= 15 is 0 Å². The molecule has 1 heteroatoms. The van der Waals surface area contributed by atoms with Crippen LogP contribution in [0.25, 0.3) is 0 Å². The zero-order valence-corrected chi connectivity index (χ0v) is 15.5. The Hall–Kier alpha value is -0.820. The van der Waals surface area contributed by atoms with Crippen LogP contribution in [0.2, 0.25) is 0 Å². The molecule has 0 spiro atoms. The predicted molar refractivity (Wildman–Crippen MR) is 99.1 cm³/mol. The van der Waals surface area contributed by atoms with Gasteiger partial charge in [0.05, 0.1) is 20.6 Å². The molecule has 1 atom stereocenters. The number of hydrogen-bond acceptors (Lipinski definition) is 0. The number of nitrogens with zero attached hydrogens (tertiary/aromatic N) is 1. The van der Waals surface area contributed by atoms with Gasteiger partial charge >= 0.3 is 0 Å². The molecule has 0 aliphatic heterocycles. The molecule has 0 saturated heterocycles. The van der Waals surface area contributed by atoms with Crippen LogP contribution in [0.15, 0.2) is 30.3 Å². The SMILES string of the molecule is CCCCCCCCCCC(c1ccccc1)[N+](C)(C)CC. The zero-order chi connectivity index (χ0) is 16.3. The highest BCUT2D eigenvalue weighted by molar-refractivity contribution is 5.17. The maximum absolute atomic E-state index is 2.38. The second kappa shape index (κ2) is 10.8. The van der Waals surface area contributed by atoms with Gasteiger partial charge in [0.25, 0.3) is 0 Å². The Kier molecular flexibility index (Phi) is 9.47. The van der Waals surface area contributed by atoms with Gasteiger partial charge in [-0.15, -0.1) is 0 Å². The van der Waals surface area contributed by atoms with Crippen molar-refractivity contribution in [2.45, 2.75) is 77.7 Å². The first-order valence-corrected chi connectivity index (χ1v) is 9.49. The number of benzene rings is 1. The van der Waals surface area contributed by atoms with Gasteiger partial charge in [0.2, 0.25) is 0 Å². The minimum absolute atomic E-state index is 0.645. The van der Waals surface area contributed by atoms with E-state index in [1.807, 2.05) is 0 Å². The normalized spacial score (nSPS) is 13.3. The fraction of sp³-hybridized carbons (Fsp3) is 0.714. The summed E-state index contributed by atoms with van der Waals surface area (Å²) in [6, 6.07) is 11.8. The van der Waals surface area contributed by atoms with Gasteiger partial charge in [0.1, 0.15) is 6.04 Å². The van der Waals surface area contributed by atoms with E-state index in [4.69, 9.17) is 0 Å². The third kappa shape index (κ3) is 6.96. The zero-order valence-electron chi connectivity index (χ0n) is 15.5. The average Bonchev–Trinajstić information content (AvgIpc) is 2.54. The summed E-state index contributed by atoms with van der Waals surface area (Å²) in [5.41, 5.74) is 1.51. The van der Waals surface area contributed by atoms with Crippen molar-refractivity contribution in [2.75, 3.05) is 20.6 Å². The summed E-state index contributed by atoms with van der Waals surface area (Å²) < 4.78 is 1.10. The minimum Gasteiger partial charge on any atom is -0.323 e. The molecular formula is C21H38N+. The Morgan fingerprint density at radius 2 is 1.32 bits per heavy atom. The minimum atomic E-state index is 0.645. The van der Waals surface area contributed by atoms with Gasteiger partial charge in [-0.1, -0.05) is 82.2 Å². The molecule has 0 saturated carbocycles. The van der Waals surface area contributed by atoms with Crippen LogP contribution in [0.5, 0.6) is 0 Å². The molecule has 0 radical (unpaired) electrons. The molecule has 0 aliphatic rings. The van der Waals surface area contributed by atoms with Crippen LogP contribution in [0, 0.1) is 0 Å². The van der Waals surface area contributed by atoms with E-state index in [-0.39, 0.29) is 0 Å². The quantitative estimate of drug-likeness (QED) is 0.311. The first-order chi connectivity index (χ1) is 10.6. The number of unbranched alkanes of at least 4 members (excludes halogenated alkanes) is 7. The second-order valence-corrected chi connectivity index (χ2v) is 7.28. The Balaban J connectivity index is 2.37. The van der Waals surface area contributed by atoms with Crippen molar-refractivity contribution in [3.8, 4) is 0 Å². The van der Waals surface area contributed by atoms with Crippen LogP contribution in [0.4, 0.5) is 0 Å². The molecule has 0 heterocycles. The van der Waals surface area contributed by atoms with Gasteiger partial charge in [-0.25, -0.2) is 0 Å². The van der Waals surface area contributed by atoms with Crippen LogP contribution >= 0.6 is 0 Å². The lowest BCUT2D eigenvalue weighted by atomic mass is 9.96. The highest BCUT2D eigenvalue weighted by atomic mass is 15.3. The first-order valence-electron chi connectivity index (χ1n) is 9.49. The molecule has 22 heavy (non-hydrogen) atoms. The summed E-state index contributed by atoms with van der Waals surface area (Å²) >= 11 is 0. The van der Waals surface area contributed by atoms with Gasteiger partial charge in [-0.05, 0) is 13.3 Å². The Bertz CT molecular complexity index is 369. The lowest BCUT2D eigenvalue weighted by Crippen LogP contribution is -2.42. The fourth-order valence-corrected chi connectivity index (χ4v) is 3.29. The third-order valence-electron chi connectivity index (χ3n) is 5.17. The molecule has 1 unspecified atom stereocenters. The molecule has 1 rings (SSSR count). The number of quaternary nitrogens is 1. The summed E-state index contributed by atoms with van der Waals surface area (Å²) in [6.45, 7) is 5.79. The van der Waals surface area contributed by atoms with E-state index in [2.05, 4.69) is 58.3 Å². The Labute approximate surface area is 139 Å². The van der Waals surface area contributed by atoms with Crippen LogP contribution < -0.4 is 0 Å². The Morgan fingerprint density at radius 3 is 1.86 bits per heavy atom. The third-order valence-corrected chi connectivity index (χ3v) is 5.17. The standard InChI is InChI=1S/C21H38N/c1-5-7-8-9-10-11-12-16-19-21(22(3,4)6-2)20-17-14-13-15-18-20/h13-15,17-18,21H,5-12,16,19H2,1-4H3/q+1. The highest BCUT2D eigenvalue weighted by Crippen LogP contribution is 2.30. The molecule has 1 aromatic rings. The number of rotatable bonds is 12. The van der Waals surface area contributed by atoms with Crippen molar-refractivity contribution in [2.24, 2.45) is 0 Å². The van der Waals surface area contributed by atoms with Crippen LogP contribution in [-0.4, -0.2) is 25.1 Å². The predicted octanol–water partition coefficient (Wildman–Crippen LogP) is 6.35. The van der Waals surface area contributed by atoms with Crippen LogP contribution in [0.1, 0.15) is 83.2 Å². The van der Waals surface area contributed by atoms with E-state index in [0.29, 0.717) is 6.04 Å². The highest BCUT2D eigenvalue weighted by Gasteiger charge is 2.27. The summed E-state index contributed by atoms with van der Waals surface area (Å²) in [5, 5.41) is 0. The molecule has 126 valence electrons. The van der Waals surface area contributed by atoms with Crippen molar-refractivity contribution in [3.63, 3.8) is 0 Å². The van der Waals surface area contributed by atoms with E-state index < -0.39 is 0 Å². The second-order valence-electron chi connectivity index (χ2n) is 7.28. The number of hydrogen-bond donors (Lipinski definition) is 0. The monoisotopic (exact) mass is 304 g/mol. The molecule has 0 N–H and O–H groups in total. The molecule has 1 aromatic carbocycles. The summed E-state index contributed by atoms with van der Waals surface area (Å²) in [7, 11) is 4.75. The molecule has 0 bridgehead atoms. The lowest BCUT2D eigenvalue weighted by molar-refractivity contribution is -0.920. The van der Waals surface area contributed by atoms with Crippen molar-refractivity contribution in [1.82, 2.24) is 0 Å². The maximum atomic E-state index is 2.38. The topological polar surface area (TPSA) is 0 Å². The van der Waals surface area contributed by atoms with E-state index in [0.717, 1.165) is 4.48 Å². The van der Waals surface area contributed by atoms with Crippen molar-refractivity contribution in [3.05, 3.63) is 35.9 Å². The van der Waals surface area contributed by atoms with Crippen molar-refractivity contribution < 1.29 is 4.48 Å². The van der Waals surface area contributed by atoms with Crippen molar-refractivity contribution in [1.29, 1.82) is 0 Å².